The molecule has 3 heteroatoms. The molecule has 0 spiro atoms. The third-order valence-corrected chi connectivity index (χ3v) is 4.16. The Kier molecular flexibility index (Phi) is 5.24. The van der Waals surface area contributed by atoms with Crippen molar-refractivity contribution in [3.05, 3.63) is 11.3 Å². The molecular weight excluding hydrogens is 224 g/mol. The Balaban J connectivity index is 2.86. The normalized spacial score (nSPS) is 14.7. The Labute approximate surface area is 111 Å². The summed E-state index contributed by atoms with van der Waals surface area (Å²) in [5, 5.41) is 14.5. The van der Waals surface area contributed by atoms with Gasteiger partial charge >= 0.3 is 0 Å². The number of rotatable bonds is 7. The van der Waals surface area contributed by atoms with Gasteiger partial charge in [0.15, 0.2) is 0 Å². The molecule has 0 bridgehead atoms. The van der Waals surface area contributed by atoms with Crippen molar-refractivity contribution in [2.45, 2.75) is 71.6 Å². The molecule has 0 saturated carbocycles. The van der Waals surface area contributed by atoms with Gasteiger partial charge in [-0.25, -0.2) is 4.68 Å². The second-order valence-electron chi connectivity index (χ2n) is 5.63. The quantitative estimate of drug-likeness (QED) is 0.743. The van der Waals surface area contributed by atoms with Crippen LogP contribution in [-0.2, 0) is 12.5 Å². The molecule has 3 nitrogen and oxygen atoms in total. The zero-order valence-electron chi connectivity index (χ0n) is 12.6. The minimum absolute atomic E-state index is 0.0518. The number of aryl methyl sites for hydroxylation is 2. The van der Waals surface area contributed by atoms with Gasteiger partial charge in [0.05, 0.1) is 5.69 Å². The maximum Gasteiger partial charge on any atom is 0.213 e. The molecule has 1 aromatic heterocycles. The third kappa shape index (κ3) is 3.06. The zero-order chi connectivity index (χ0) is 13.8. The van der Waals surface area contributed by atoms with E-state index in [4.69, 9.17) is 0 Å². The Morgan fingerprint density at radius 1 is 1.22 bits per heavy atom. The highest BCUT2D eigenvalue weighted by Crippen LogP contribution is 2.39. The Bertz CT molecular complexity index is 384. The van der Waals surface area contributed by atoms with Crippen LogP contribution in [0.4, 0.5) is 0 Å². The third-order valence-electron chi connectivity index (χ3n) is 4.16. The molecule has 0 aliphatic rings. The van der Waals surface area contributed by atoms with E-state index < -0.39 is 0 Å². The first-order valence-corrected chi connectivity index (χ1v) is 7.19. The zero-order valence-corrected chi connectivity index (χ0v) is 12.6. The van der Waals surface area contributed by atoms with Gasteiger partial charge in [-0.1, -0.05) is 46.5 Å². The van der Waals surface area contributed by atoms with Crippen molar-refractivity contribution >= 4 is 0 Å². The molecule has 0 amide bonds. The lowest BCUT2D eigenvalue weighted by Crippen LogP contribution is -2.21. The summed E-state index contributed by atoms with van der Waals surface area (Å²) in [6.45, 7) is 8.68. The predicted molar refractivity (Wildman–Crippen MR) is 76.0 cm³/mol. The standard InChI is InChI=1S/C15H28N2O/c1-6-8-9-10-11-15(4,7-2)13-12(3)16-17(5)14(13)18/h18H,6-11H2,1-5H3. The highest BCUT2D eigenvalue weighted by Gasteiger charge is 2.31. The molecule has 1 atom stereocenters. The molecule has 1 aromatic rings. The van der Waals surface area contributed by atoms with Crippen molar-refractivity contribution < 1.29 is 5.11 Å². The van der Waals surface area contributed by atoms with E-state index in [1.807, 2.05) is 6.92 Å². The summed E-state index contributed by atoms with van der Waals surface area (Å²) >= 11 is 0. The average Bonchev–Trinajstić information content (AvgIpc) is 2.59. The molecular formula is C15H28N2O. The maximum atomic E-state index is 10.2. The highest BCUT2D eigenvalue weighted by molar-refractivity contribution is 5.37. The van der Waals surface area contributed by atoms with Crippen molar-refractivity contribution in [3.63, 3.8) is 0 Å². The summed E-state index contributed by atoms with van der Waals surface area (Å²) in [6.07, 6.45) is 7.25. The Morgan fingerprint density at radius 3 is 2.33 bits per heavy atom. The van der Waals surface area contributed by atoms with Crippen LogP contribution < -0.4 is 0 Å². The van der Waals surface area contributed by atoms with E-state index in [0.29, 0.717) is 5.88 Å². The summed E-state index contributed by atoms with van der Waals surface area (Å²) in [5.74, 6) is 0.340. The van der Waals surface area contributed by atoms with E-state index in [1.165, 1.54) is 25.7 Å². The van der Waals surface area contributed by atoms with E-state index in [1.54, 1.807) is 11.7 Å². The second kappa shape index (κ2) is 6.26. The van der Waals surface area contributed by atoms with Gasteiger partial charge in [0.2, 0.25) is 5.88 Å². The largest absolute Gasteiger partial charge is 0.493 e. The van der Waals surface area contributed by atoms with Crippen LogP contribution in [0, 0.1) is 6.92 Å². The number of aromatic hydroxyl groups is 1. The molecule has 0 saturated heterocycles. The fraction of sp³-hybridized carbons (Fsp3) is 0.800. The predicted octanol–water partition coefficient (Wildman–Crippen LogP) is 4.07. The van der Waals surface area contributed by atoms with Gasteiger partial charge < -0.3 is 5.11 Å². The molecule has 0 aliphatic carbocycles. The van der Waals surface area contributed by atoms with Gasteiger partial charge in [0.1, 0.15) is 0 Å². The van der Waals surface area contributed by atoms with E-state index >= 15 is 0 Å². The second-order valence-corrected chi connectivity index (χ2v) is 5.63. The first-order valence-electron chi connectivity index (χ1n) is 7.19. The Hall–Kier alpha value is -0.990. The van der Waals surface area contributed by atoms with Gasteiger partial charge in [-0.05, 0) is 25.2 Å². The van der Waals surface area contributed by atoms with Crippen LogP contribution in [0.5, 0.6) is 5.88 Å². The van der Waals surface area contributed by atoms with E-state index in [0.717, 1.165) is 24.1 Å². The SMILES string of the molecule is CCCCCCC(C)(CC)c1c(C)nn(C)c1O. The van der Waals surface area contributed by atoms with Crippen LogP contribution in [0.2, 0.25) is 0 Å². The number of hydrogen-bond acceptors (Lipinski definition) is 2. The lowest BCUT2D eigenvalue weighted by atomic mass is 9.76. The van der Waals surface area contributed by atoms with Gasteiger partial charge in [-0.15, -0.1) is 0 Å². The monoisotopic (exact) mass is 252 g/mol. The van der Waals surface area contributed by atoms with Crippen LogP contribution >= 0.6 is 0 Å². The minimum atomic E-state index is 0.0518. The van der Waals surface area contributed by atoms with Crippen LogP contribution in [0.1, 0.15) is 70.6 Å². The number of hydrogen-bond donors (Lipinski definition) is 1. The summed E-state index contributed by atoms with van der Waals surface area (Å²) in [4.78, 5) is 0. The van der Waals surface area contributed by atoms with Gasteiger partial charge in [0.25, 0.3) is 0 Å². The summed E-state index contributed by atoms with van der Waals surface area (Å²) < 4.78 is 1.59. The molecule has 1 rings (SSSR count). The summed E-state index contributed by atoms with van der Waals surface area (Å²) in [5.41, 5.74) is 2.06. The molecule has 104 valence electrons. The van der Waals surface area contributed by atoms with Gasteiger partial charge in [-0.3, -0.25) is 0 Å². The maximum absolute atomic E-state index is 10.2. The topological polar surface area (TPSA) is 38.0 Å². The first kappa shape index (κ1) is 15.1. The minimum Gasteiger partial charge on any atom is -0.493 e. The van der Waals surface area contributed by atoms with Crippen LogP contribution in [0.3, 0.4) is 0 Å². The molecule has 0 radical (unpaired) electrons. The van der Waals surface area contributed by atoms with Crippen molar-refractivity contribution in [3.8, 4) is 5.88 Å². The molecule has 18 heavy (non-hydrogen) atoms. The van der Waals surface area contributed by atoms with E-state index in [9.17, 15) is 5.11 Å². The molecule has 0 aliphatic heterocycles. The average molecular weight is 252 g/mol. The first-order chi connectivity index (χ1) is 8.46. The van der Waals surface area contributed by atoms with E-state index in [-0.39, 0.29) is 5.41 Å². The van der Waals surface area contributed by atoms with Crippen molar-refractivity contribution in [2.24, 2.45) is 7.05 Å². The van der Waals surface area contributed by atoms with Crippen LogP contribution in [0.25, 0.3) is 0 Å². The molecule has 0 fully saturated rings. The number of nitrogens with zero attached hydrogens (tertiary/aromatic N) is 2. The fourth-order valence-electron chi connectivity index (χ4n) is 2.77. The number of unbranched alkanes of at least 4 members (excludes halogenated alkanes) is 3. The van der Waals surface area contributed by atoms with Gasteiger partial charge in [-0.2, -0.15) is 5.10 Å². The highest BCUT2D eigenvalue weighted by atomic mass is 16.3. The summed E-state index contributed by atoms with van der Waals surface area (Å²) in [7, 11) is 1.80. The summed E-state index contributed by atoms with van der Waals surface area (Å²) in [6, 6.07) is 0. The van der Waals surface area contributed by atoms with Crippen LogP contribution in [0.15, 0.2) is 0 Å². The van der Waals surface area contributed by atoms with Crippen molar-refractivity contribution in [2.75, 3.05) is 0 Å². The van der Waals surface area contributed by atoms with Crippen molar-refractivity contribution in [1.29, 1.82) is 0 Å². The van der Waals surface area contributed by atoms with E-state index in [2.05, 4.69) is 25.9 Å². The van der Waals surface area contributed by atoms with Crippen molar-refractivity contribution in [1.82, 2.24) is 9.78 Å². The lowest BCUT2D eigenvalue weighted by Gasteiger charge is -2.28. The number of aromatic nitrogens is 2. The van der Waals surface area contributed by atoms with Gasteiger partial charge in [0, 0.05) is 12.6 Å². The molecule has 1 unspecified atom stereocenters. The smallest absolute Gasteiger partial charge is 0.213 e. The molecule has 1 N–H and O–H groups in total. The molecule has 0 aromatic carbocycles. The lowest BCUT2D eigenvalue weighted by molar-refractivity contribution is 0.357. The van der Waals surface area contributed by atoms with Crippen LogP contribution in [-0.4, -0.2) is 14.9 Å². The molecule has 1 heterocycles. The fourth-order valence-corrected chi connectivity index (χ4v) is 2.77. The Morgan fingerprint density at radius 2 is 1.89 bits per heavy atom.